The summed E-state index contributed by atoms with van der Waals surface area (Å²) in [6, 6.07) is 13.4. The van der Waals surface area contributed by atoms with Crippen molar-refractivity contribution in [1.29, 1.82) is 0 Å². The summed E-state index contributed by atoms with van der Waals surface area (Å²) in [5, 5.41) is 6.86. The summed E-state index contributed by atoms with van der Waals surface area (Å²) in [6.07, 6.45) is 0. The van der Waals surface area contributed by atoms with E-state index in [0.29, 0.717) is 18.3 Å². The van der Waals surface area contributed by atoms with Gasteiger partial charge in [-0.05, 0) is 61.1 Å². The summed E-state index contributed by atoms with van der Waals surface area (Å²) in [4.78, 5) is 0. The average Bonchev–Trinajstić information content (AvgIpc) is 2.61. The van der Waals surface area contributed by atoms with Gasteiger partial charge in [-0.15, -0.1) is 0 Å². The van der Waals surface area contributed by atoms with Gasteiger partial charge in [0.1, 0.15) is 5.75 Å². The van der Waals surface area contributed by atoms with Gasteiger partial charge < -0.3 is 24.8 Å². The maximum absolute atomic E-state index is 5.58. The molecule has 6 heteroatoms. The Morgan fingerprint density at radius 2 is 1.75 bits per heavy atom. The molecule has 2 rings (SSSR count). The number of ether oxygens (including phenoxy) is 3. The summed E-state index contributed by atoms with van der Waals surface area (Å²) in [5.41, 5.74) is 1.95. The molecule has 0 aliphatic heterocycles. The van der Waals surface area contributed by atoms with Gasteiger partial charge >= 0.3 is 0 Å². The van der Waals surface area contributed by atoms with E-state index in [1.807, 2.05) is 49.4 Å². The SMILES string of the molecule is CCOc1cc(CNC(=S)Nc2ccc(OC)cc2)ccc1OC. The normalized spacial score (nSPS) is 9.96. The Morgan fingerprint density at radius 1 is 1.00 bits per heavy atom. The van der Waals surface area contributed by atoms with E-state index in [4.69, 9.17) is 26.4 Å². The molecule has 2 N–H and O–H groups in total. The van der Waals surface area contributed by atoms with Crippen LogP contribution in [0.25, 0.3) is 0 Å². The fraction of sp³-hybridized carbons (Fsp3) is 0.278. The van der Waals surface area contributed by atoms with Crippen LogP contribution in [0.3, 0.4) is 0 Å². The predicted octanol–water partition coefficient (Wildman–Crippen LogP) is 3.59. The molecule has 0 bridgehead atoms. The largest absolute Gasteiger partial charge is 0.497 e. The molecule has 0 saturated carbocycles. The van der Waals surface area contributed by atoms with E-state index in [9.17, 15) is 0 Å². The van der Waals surface area contributed by atoms with Gasteiger partial charge in [0, 0.05) is 12.2 Å². The molecule has 0 heterocycles. The minimum absolute atomic E-state index is 0.550. The molecule has 0 aromatic heterocycles. The summed E-state index contributed by atoms with van der Waals surface area (Å²) in [6.45, 7) is 3.12. The van der Waals surface area contributed by atoms with Crippen LogP contribution in [-0.4, -0.2) is 25.9 Å². The molecule has 5 nitrogen and oxygen atoms in total. The number of hydrogen-bond acceptors (Lipinski definition) is 4. The molecule has 0 unspecified atom stereocenters. The van der Waals surface area contributed by atoms with Crippen molar-refractivity contribution < 1.29 is 14.2 Å². The van der Waals surface area contributed by atoms with Crippen molar-refractivity contribution in [1.82, 2.24) is 5.32 Å². The number of methoxy groups -OCH3 is 2. The van der Waals surface area contributed by atoms with E-state index >= 15 is 0 Å². The lowest BCUT2D eigenvalue weighted by Crippen LogP contribution is -2.27. The van der Waals surface area contributed by atoms with Crippen LogP contribution in [0.5, 0.6) is 17.2 Å². The van der Waals surface area contributed by atoms with E-state index in [-0.39, 0.29) is 0 Å². The monoisotopic (exact) mass is 346 g/mol. The van der Waals surface area contributed by atoms with Crippen molar-refractivity contribution in [2.45, 2.75) is 13.5 Å². The minimum atomic E-state index is 0.550. The highest BCUT2D eigenvalue weighted by atomic mass is 32.1. The van der Waals surface area contributed by atoms with E-state index in [1.54, 1.807) is 14.2 Å². The fourth-order valence-electron chi connectivity index (χ4n) is 2.13. The van der Waals surface area contributed by atoms with Crippen molar-refractivity contribution in [3.8, 4) is 17.2 Å². The lowest BCUT2D eigenvalue weighted by molar-refractivity contribution is 0.310. The predicted molar refractivity (Wildman–Crippen MR) is 100 cm³/mol. The Kier molecular flexibility index (Phi) is 6.69. The topological polar surface area (TPSA) is 51.8 Å². The van der Waals surface area contributed by atoms with Crippen LogP contribution in [-0.2, 0) is 6.54 Å². The molecular formula is C18H22N2O3S. The second-order valence-electron chi connectivity index (χ2n) is 4.95. The zero-order valence-electron chi connectivity index (χ0n) is 14.1. The Labute approximate surface area is 147 Å². The van der Waals surface area contributed by atoms with Crippen LogP contribution in [0.15, 0.2) is 42.5 Å². The van der Waals surface area contributed by atoms with Gasteiger partial charge in [0.15, 0.2) is 16.6 Å². The van der Waals surface area contributed by atoms with E-state index in [2.05, 4.69) is 10.6 Å². The van der Waals surface area contributed by atoms with Crippen LogP contribution in [0.4, 0.5) is 5.69 Å². The molecule has 0 atom stereocenters. The second kappa shape index (κ2) is 8.98. The van der Waals surface area contributed by atoms with E-state index in [1.165, 1.54) is 0 Å². The number of rotatable bonds is 7. The molecule has 128 valence electrons. The van der Waals surface area contributed by atoms with Crippen LogP contribution in [0.1, 0.15) is 12.5 Å². The smallest absolute Gasteiger partial charge is 0.171 e. The number of benzene rings is 2. The molecule has 0 spiro atoms. The zero-order chi connectivity index (χ0) is 17.4. The van der Waals surface area contributed by atoms with Gasteiger partial charge in [0.2, 0.25) is 0 Å². The number of thiocarbonyl (C=S) groups is 1. The Hall–Kier alpha value is -2.47. The zero-order valence-corrected chi connectivity index (χ0v) is 14.9. The molecule has 0 fully saturated rings. The fourth-order valence-corrected chi connectivity index (χ4v) is 2.32. The summed E-state index contributed by atoms with van der Waals surface area (Å²) in [5.74, 6) is 2.26. The summed E-state index contributed by atoms with van der Waals surface area (Å²) < 4.78 is 16.0. The number of nitrogens with one attached hydrogen (secondary N) is 2. The van der Waals surface area contributed by atoms with Crippen molar-refractivity contribution >= 4 is 23.0 Å². The summed E-state index contributed by atoms with van der Waals surface area (Å²) in [7, 11) is 3.27. The van der Waals surface area contributed by atoms with Crippen LogP contribution in [0, 0.1) is 0 Å². The molecule has 2 aromatic rings. The van der Waals surface area contributed by atoms with Gasteiger partial charge in [-0.1, -0.05) is 6.07 Å². The molecule has 0 saturated heterocycles. The Balaban J connectivity index is 1.92. The first-order chi connectivity index (χ1) is 11.7. The van der Waals surface area contributed by atoms with Crippen LogP contribution in [0.2, 0.25) is 0 Å². The van der Waals surface area contributed by atoms with E-state index in [0.717, 1.165) is 28.5 Å². The molecular weight excluding hydrogens is 324 g/mol. The highest BCUT2D eigenvalue weighted by Crippen LogP contribution is 2.28. The summed E-state index contributed by atoms with van der Waals surface area (Å²) >= 11 is 5.32. The van der Waals surface area contributed by atoms with Gasteiger partial charge in [-0.25, -0.2) is 0 Å². The van der Waals surface area contributed by atoms with Crippen molar-refractivity contribution in [3.05, 3.63) is 48.0 Å². The Bertz CT molecular complexity index is 674. The first kappa shape index (κ1) is 17.9. The average molecular weight is 346 g/mol. The van der Waals surface area contributed by atoms with Crippen LogP contribution >= 0.6 is 12.2 Å². The van der Waals surface area contributed by atoms with Gasteiger partial charge in [-0.2, -0.15) is 0 Å². The van der Waals surface area contributed by atoms with Gasteiger partial charge in [0.05, 0.1) is 20.8 Å². The third-order valence-corrected chi connectivity index (χ3v) is 3.58. The molecule has 0 aliphatic carbocycles. The number of hydrogen-bond donors (Lipinski definition) is 2. The molecule has 24 heavy (non-hydrogen) atoms. The Morgan fingerprint density at radius 3 is 2.38 bits per heavy atom. The molecule has 0 aliphatic rings. The number of anilines is 1. The minimum Gasteiger partial charge on any atom is -0.497 e. The van der Waals surface area contributed by atoms with Gasteiger partial charge in [0.25, 0.3) is 0 Å². The lowest BCUT2D eigenvalue weighted by atomic mass is 10.2. The standard InChI is InChI=1S/C18H22N2O3S/c1-4-23-17-11-13(5-10-16(17)22-3)12-19-18(24)20-14-6-8-15(21-2)9-7-14/h5-11H,4,12H2,1-3H3,(H2,19,20,24). The third kappa shape index (κ3) is 5.03. The first-order valence-electron chi connectivity index (χ1n) is 7.65. The maximum Gasteiger partial charge on any atom is 0.171 e. The molecule has 0 amide bonds. The van der Waals surface area contributed by atoms with Gasteiger partial charge in [-0.3, -0.25) is 0 Å². The quantitative estimate of drug-likeness (QED) is 0.747. The molecule has 0 radical (unpaired) electrons. The highest BCUT2D eigenvalue weighted by Gasteiger charge is 2.06. The van der Waals surface area contributed by atoms with E-state index < -0.39 is 0 Å². The third-order valence-electron chi connectivity index (χ3n) is 3.33. The van der Waals surface area contributed by atoms with Crippen molar-refractivity contribution in [2.24, 2.45) is 0 Å². The first-order valence-corrected chi connectivity index (χ1v) is 8.05. The van der Waals surface area contributed by atoms with Crippen LogP contribution < -0.4 is 24.8 Å². The maximum atomic E-state index is 5.58. The van der Waals surface area contributed by atoms with Crippen molar-refractivity contribution in [2.75, 3.05) is 26.1 Å². The highest BCUT2D eigenvalue weighted by molar-refractivity contribution is 7.80. The van der Waals surface area contributed by atoms with Crippen molar-refractivity contribution in [3.63, 3.8) is 0 Å². The molecule has 2 aromatic carbocycles. The lowest BCUT2D eigenvalue weighted by Gasteiger charge is -2.13. The second-order valence-corrected chi connectivity index (χ2v) is 5.36.